The number of hydrogen-bond donors (Lipinski definition) is 2. The van der Waals surface area contributed by atoms with Crippen molar-refractivity contribution in [3.05, 3.63) is 63.7 Å². The number of nitrogens with zero attached hydrogens (tertiary/aromatic N) is 1. The lowest BCUT2D eigenvalue weighted by molar-refractivity contribution is -0.138. The number of nitrogens with one attached hydrogen (secondary N) is 2. The molecule has 210 valence electrons. The number of likely N-dealkylation sites (tertiary alicyclic amines) is 1. The van der Waals surface area contributed by atoms with Gasteiger partial charge in [0.15, 0.2) is 19.7 Å². The quantitative estimate of drug-likeness (QED) is 0.434. The molecule has 38 heavy (non-hydrogen) atoms. The summed E-state index contributed by atoms with van der Waals surface area (Å²) in [5.41, 5.74) is -0.954. The molecule has 1 aliphatic heterocycles. The van der Waals surface area contributed by atoms with Crippen molar-refractivity contribution in [2.75, 3.05) is 31.0 Å². The number of benzene rings is 2. The van der Waals surface area contributed by atoms with Crippen LogP contribution >= 0.6 is 11.6 Å². The minimum absolute atomic E-state index is 0.00836. The monoisotopic (exact) mass is 595 g/mol. The third-order valence-electron chi connectivity index (χ3n) is 6.16. The van der Waals surface area contributed by atoms with Crippen LogP contribution in [0, 0.1) is 0 Å². The Kier molecular flexibility index (Phi) is 9.51. The molecule has 1 amide bonds. The molecule has 1 aliphatic rings. The van der Waals surface area contributed by atoms with E-state index in [1.54, 1.807) is 4.90 Å². The lowest BCUT2D eigenvalue weighted by Gasteiger charge is -2.20. The van der Waals surface area contributed by atoms with Gasteiger partial charge in [-0.1, -0.05) is 24.6 Å². The fourth-order valence-corrected chi connectivity index (χ4v) is 6.05. The van der Waals surface area contributed by atoms with E-state index in [1.165, 1.54) is 37.3 Å². The van der Waals surface area contributed by atoms with E-state index < -0.39 is 37.3 Å². The van der Waals surface area contributed by atoms with Gasteiger partial charge in [0.05, 0.1) is 22.1 Å². The summed E-state index contributed by atoms with van der Waals surface area (Å²) in [7, 11) is -6.83. The van der Waals surface area contributed by atoms with Crippen molar-refractivity contribution in [2.24, 2.45) is 0 Å². The van der Waals surface area contributed by atoms with Gasteiger partial charge in [0.2, 0.25) is 0 Å². The highest BCUT2D eigenvalue weighted by Crippen LogP contribution is 2.34. The zero-order chi connectivity index (χ0) is 28.3. The first-order valence-corrected chi connectivity index (χ1v) is 15.8. The van der Waals surface area contributed by atoms with Crippen LogP contribution in [0.2, 0.25) is 5.02 Å². The van der Waals surface area contributed by atoms with Gasteiger partial charge in [0, 0.05) is 49.1 Å². The highest BCUT2D eigenvalue weighted by Gasteiger charge is 2.35. The van der Waals surface area contributed by atoms with E-state index in [0.29, 0.717) is 19.5 Å². The third kappa shape index (κ3) is 8.15. The van der Waals surface area contributed by atoms with Gasteiger partial charge >= 0.3 is 6.18 Å². The topological polar surface area (TPSA) is 113 Å². The Hall–Kier alpha value is -2.19. The van der Waals surface area contributed by atoms with E-state index >= 15 is 0 Å². The predicted octanol–water partition coefficient (Wildman–Crippen LogP) is 3.25. The summed E-state index contributed by atoms with van der Waals surface area (Å²) in [5, 5.41) is 5.64. The van der Waals surface area contributed by atoms with Crippen LogP contribution in [0.15, 0.2) is 41.3 Å². The summed E-state index contributed by atoms with van der Waals surface area (Å²) in [6.45, 7) is 2.09. The first kappa shape index (κ1) is 30.4. The highest BCUT2D eigenvalue weighted by atomic mass is 35.5. The molecule has 0 aliphatic carbocycles. The minimum Gasteiger partial charge on any atom is -0.348 e. The summed E-state index contributed by atoms with van der Waals surface area (Å²) in [6.07, 6.45) is -3.02. The van der Waals surface area contributed by atoms with Crippen LogP contribution in [0.4, 0.5) is 13.2 Å². The summed E-state index contributed by atoms with van der Waals surface area (Å²) >= 11 is 5.98. The molecule has 1 fully saturated rings. The zero-order valence-electron chi connectivity index (χ0n) is 20.8. The maximum atomic E-state index is 13.9. The Bertz CT molecular complexity index is 1400. The maximum absolute atomic E-state index is 13.9. The molecular formula is C24H29ClF3N3O5S2. The molecule has 0 aromatic heterocycles. The first-order chi connectivity index (χ1) is 17.6. The molecule has 1 atom stereocenters. The Balaban J connectivity index is 1.74. The van der Waals surface area contributed by atoms with Crippen LogP contribution in [-0.2, 0) is 38.9 Å². The molecule has 2 N–H and O–H groups in total. The van der Waals surface area contributed by atoms with E-state index in [4.69, 9.17) is 11.6 Å². The van der Waals surface area contributed by atoms with Gasteiger partial charge in [-0.25, -0.2) is 16.8 Å². The molecule has 14 heteroatoms. The van der Waals surface area contributed by atoms with E-state index in [0.717, 1.165) is 12.3 Å². The molecule has 0 spiro atoms. The van der Waals surface area contributed by atoms with E-state index in [-0.39, 0.29) is 57.4 Å². The largest absolute Gasteiger partial charge is 0.416 e. The zero-order valence-corrected chi connectivity index (χ0v) is 23.2. The number of alkyl halides is 3. The summed E-state index contributed by atoms with van der Waals surface area (Å²) in [5.74, 6) is -1.17. The molecule has 2 aromatic carbocycles. The van der Waals surface area contributed by atoms with Crippen LogP contribution < -0.4 is 10.6 Å². The summed E-state index contributed by atoms with van der Waals surface area (Å²) in [4.78, 5) is 14.5. The van der Waals surface area contributed by atoms with E-state index in [9.17, 15) is 34.8 Å². The van der Waals surface area contributed by atoms with Crippen LogP contribution in [0.3, 0.4) is 0 Å². The Morgan fingerprint density at radius 3 is 2.45 bits per heavy atom. The van der Waals surface area contributed by atoms with Crippen molar-refractivity contribution in [1.29, 1.82) is 0 Å². The SMILES string of the molecule is CCS(=O)(=O)c1ccc(Cl)cc1CNC(=O)c1ccc(CN2CC[C@@H](NCS(C)(=O)=O)C2)c(C(F)(F)F)c1. The van der Waals surface area contributed by atoms with Gasteiger partial charge in [-0.3, -0.25) is 15.0 Å². The Morgan fingerprint density at radius 1 is 1.11 bits per heavy atom. The van der Waals surface area contributed by atoms with E-state index in [2.05, 4.69) is 10.6 Å². The molecule has 2 aromatic rings. The molecular weight excluding hydrogens is 567 g/mol. The van der Waals surface area contributed by atoms with Crippen molar-refractivity contribution in [1.82, 2.24) is 15.5 Å². The molecule has 0 saturated carbocycles. The number of rotatable bonds is 10. The molecule has 8 nitrogen and oxygen atoms in total. The number of amides is 1. The summed E-state index contributed by atoms with van der Waals surface area (Å²) in [6, 6.07) is 7.30. The van der Waals surface area contributed by atoms with Crippen molar-refractivity contribution in [3.63, 3.8) is 0 Å². The number of hydrogen-bond acceptors (Lipinski definition) is 7. The second-order valence-corrected chi connectivity index (χ2v) is 14.0. The van der Waals surface area contributed by atoms with Gasteiger partial charge in [0.25, 0.3) is 5.91 Å². The first-order valence-electron chi connectivity index (χ1n) is 11.7. The van der Waals surface area contributed by atoms with Crippen molar-refractivity contribution in [2.45, 2.75) is 43.5 Å². The number of sulfone groups is 2. The lowest BCUT2D eigenvalue weighted by atomic mass is 10.0. The van der Waals surface area contributed by atoms with Crippen molar-refractivity contribution in [3.8, 4) is 0 Å². The van der Waals surface area contributed by atoms with Gasteiger partial charge in [-0.2, -0.15) is 13.2 Å². The van der Waals surface area contributed by atoms with Crippen LogP contribution in [0.25, 0.3) is 0 Å². The molecule has 0 bridgehead atoms. The molecule has 1 heterocycles. The average Bonchev–Trinajstić information content (AvgIpc) is 3.27. The molecule has 0 unspecified atom stereocenters. The molecule has 3 rings (SSSR count). The summed E-state index contributed by atoms with van der Waals surface area (Å²) < 4.78 is 89.1. The maximum Gasteiger partial charge on any atom is 0.416 e. The standard InChI is InChI=1S/C24H29ClF3N3O5S2/c1-3-38(35,36)22-7-6-19(25)10-18(22)12-29-23(32)16-4-5-17(21(11-16)24(26,27)28)13-31-9-8-20(14-31)30-15-37(2,33)34/h4-7,10-11,20,30H,3,8-9,12-15H2,1-2H3,(H,29,32)/t20-/m1/s1. The van der Waals surface area contributed by atoms with Gasteiger partial charge < -0.3 is 5.32 Å². The van der Waals surface area contributed by atoms with Crippen LogP contribution in [0.5, 0.6) is 0 Å². The Labute approximate surface area is 225 Å². The van der Waals surface area contributed by atoms with Crippen LogP contribution in [0.1, 0.15) is 40.4 Å². The fourth-order valence-electron chi connectivity index (χ4n) is 4.20. The molecule has 0 radical (unpaired) electrons. The lowest BCUT2D eigenvalue weighted by Crippen LogP contribution is -2.35. The number of halogens is 4. The predicted molar refractivity (Wildman–Crippen MR) is 138 cm³/mol. The second kappa shape index (κ2) is 11.9. The Morgan fingerprint density at radius 2 is 1.82 bits per heavy atom. The van der Waals surface area contributed by atoms with Gasteiger partial charge in [-0.15, -0.1) is 0 Å². The van der Waals surface area contributed by atoms with Crippen LogP contribution in [-0.4, -0.2) is 64.7 Å². The third-order valence-corrected chi connectivity index (χ3v) is 8.91. The van der Waals surface area contributed by atoms with Crippen molar-refractivity contribution < 1.29 is 34.8 Å². The second-order valence-electron chi connectivity index (χ2n) is 9.20. The highest BCUT2D eigenvalue weighted by molar-refractivity contribution is 7.91. The number of carbonyl (C=O) groups excluding carboxylic acids is 1. The van der Waals surface area contributed by atoms with E-state index in [1.807, 2.05) is 0 Å². The minimum atomic E-state index is -4.71. The van der Waals surface area contributed by atoms with Gasteiger partial charge in [-0.05, 0) is 47.9 Å². The normalized spacial score (nSPS) is 17.1. The smallest absolute Gasteiger partial charge is 0.348 e. The average molecular weight is 596 g/mol. The number of carbonyl (C=O) groups is 1. The molecule has 1 saturated heterocycles. The fraction of sp³-hybridized carbons (Fsp3) is 0.458. The van der Waals surface area contributed by atoms with Gasteiger partial charge in [0.1, 0.15) is 0 Å². The van der Waals surface area contributed by atoms with Crippen molar-refractivity contribution >= 4 is 37.2 Å².